The molecule has 1 saturated carbocycles. The van der Waals surface area contributed by atoms with E-state index in [2.05, 4.69) is 54.4 Å². The van der Waals surface area contributed by atoms with E-state index in [1.807, 2.05) is 0 Å². The summed E-state index contributed by atoms with van der Waals surface area (Å²) in [6, 6.07) is 11.4. The molecule has 2 unspecified atom stereocenters. The van der Waals surface area contributed by atoms with Gasteiger partial charge in [0.05, 0.1) is 12.0 Å². The van der Waals surface area contributed by atoms with Gasteiger partial charge in [0, 0.05) is 30.5 Å². The van der Waals surface area contributed by atoms with Crippen molar-refractivity contribution in [2.45, 2.75) is 45.6 Å². The van der Waals surface area contributed by atoms with E-state index in [1.165, 1.54) is 18.5 Å². The molecule has 0 bridgehead atoms. The third-order valence-corrected chi connectivity index (χ3v) is 4.28. The summed E-state index contributed by atoms with van der Waals surface area (Å²) in [6.07, 6.45) is 4.56. The Kier molecular flexibility index (Phi) is 5.29. The number of hydrogen-bond donors (Lipinski definition) is 1. The third kappa shape index (κ3) is 3.45. The number of nitrogens with one attached hydrogen (secondary N) is 1. The average molecular weight is 271 g/mol. The van der Waals surface area contributed by atoms with Gasteiger partial charge in [-0.25, -0.2) is 0 Å². The smallest absolute Gasteiger partial charge is 0.0677 e. The third-order valence-electron chi connectivity index (χ3n) is 4.28. The highest BCUT2D eigenvalue weighted by Crippen LogP contribution is 2.27. The second-order valence-corrected chi connectivity index (χ2v) is 5.49. The van der Waals surface area contributed by atoms with E-state index in [1.54, 1.807) is 0 Å². The van der Waals surface area contributed by atoms with Crippen molar-refractivity contribution in [2.24, 2.45) is 5.92 Å². The maximum Gasteiger partial charge on any atom is 0.0677 e. The SMILES string of the molecule is CCN(CC)c1ccc(NC2CCCCC2C#N)cc1. The van der Waals surface area contributed by atoms with Crippen LogP contribution in [0.2, 0.25) is 0 Å². The van der Waals surface area contributed by atoms with Gasteiger partial charge in [-0.3, -0.25) is 0 Å². The van der Waals surface area contributed by atoms with Crippen LogP contribution in [0.15, 0.2) is 24.3 Å². The first-order valence-corrected chi connectivity index (χ1v) is 7.79. The van der Waals surface area contributed by atoms with Crippen molar-refractivity contribution in [2.75, 3.05) is 23.3 Å². The van der Waals surface area contributed by atoms with Gasteiger partial charge in [0.2, 0.25) is 0 Å². The molecule has 0 radical (unpaired) electrons. The van der Waals surface area contributed by atoms with Crippen LogP contribution in [0.1, 0.15) is 39.5 Å². The maximum atomic E-state index is 9.22. The van der Waals surface area contributed by atoms with E-state index >= 15 is 0 Å². The molecule has 2 rings (SSSR count). The lowest BCUT2D eigenvalue weighted by atomic mass is 9.85. The Morgan fingerprint density at radius 3 is 2.40 bits per heavy atom. The first kappa shape index (κ1) is 14.7. The van der Waals surface area contributed by atoms with E-state index in [9.17, 15) is 5.26 Å². The highest BCUT2D eigenvalue weighted by molar-refractivity contribution is 5.55. The van der Waals surface area contributed by atoms with Crippen molar-refractivity contribution in [1.82, 2.24) is 0 Å². The van der Waals surface area contributed by atoms with E-state index in [0.717, 1.165) is 31.6 Å². The fourth-order valence-electron chi connectivity index (χ4n) is 3.03. The summed E-state index contributed by atoms with van der Waals surface area (Å²) in [7, 11) is 0. The van der Waals surface area contributed by atoms with Crippen molar-refractivity contribution < 1.29 is 0 Å². The molecule has 1 aliphatic carbocycles. The summed E-state index contributed by atoms with van der Waals surface area (Å²) in [5.74, 6) is 0.159. The molecule has 0 saturated heterocycles. The van der Waals surface area contributed by atoms with Crippen LogP contribution in [-0.4, -0.2) is 19.1 Å². The molecule has 0 heterocycles. The van der Waals surface area contributed by atoms with Crippen LogP contribution in [-0.2, 0) is 0 Å². The lowest BCUT2D eigenvalue weighted by Crippen LogP contribution is -2.31. The first-order chi connectivity index (χ1) is 9.78. The Bertz CT molecular complexity index is 442. The lowest BCUT2D eigenvalue weighted by Gasteiger charge is -2.29. The Morgan fingerprint density at radius 2 is 1.80 bits per heavy atom. The summed E-state index contributed by atoms with van der Waals surface area (Å²) >= 11 is 0. The fourth-order valence-corrected chi connectivity index (χ4v) is 3.03. The maximum absolute atomic E-state index is 9.22. The summed E-state index contributed by atoms with van der Waals surface area (Å²) in [5, 5.41) is 12.8. The molecule has 0 spiro atoms. The highest BCUT2D eigenvalue weighted by atomic mass is 15.1. The van der Waals surface area contributed by atoms with Crippen molar-refractivity contribution in [3.63, 3.8) is 0 Å². The van der Waals surface area contributed by atoms with Crippen LogP contribution in [0.25, 0.3) is 0 Å². The Morgan fingerprint density at radius 1 is 1.15 bits per heavy atom. The van der Waals surface area contributed by atoms with Crippen molar-refractivity contribution >= 4 is 11.4 Å². The number of hydrogen-bond acceptors (Lipinski definition) is 3. The van der Waals surface area contributed by atoms with Gasteiger partial charge in [-0.15, -0.1) is 0 Å². The molecule has 20 heavy (non-hydrogen) atoms. The van der Waals surface area contributed by atoms with Gasteiger partial charge < -0.3 is 10.2 Å². The molecule has 1 aromatic rings. The summed E-state index contributed by atoms with van der Waals surface area (Å²) in [5.41, 5.74) is 2.40. The molecule has 3 heteroatoms. The minimum Gasteiger partial charge on any atom is -0.381 e. The summed E-state index contributed by atoms with van der Waals surface area (Å²) in [6.45, 7) is 6.41. The van der Waals surface area contributed by atoms with E-state index in [-0.39, 0.29) is 5.92 Å². The number of rotatable bonds is 5. The van der Waals surface area contributed by atoms with Gasteiger partial charge >= 0.3 is 0 Å². The quantitative estimate of drug-likeness (QED) is 0.879. The molecular weight excluding hydrogens is 246 g/mol. The molecule has 1 N–H and O–H groups in total. The zero-order valence-corrected chi connectivity index (χ0v) is 12.6. The van der Waals surface area contributed by atoms with E-state index in [4.69, 9.17) is 0 Å². The van der Waals surface area contributed by atoms with Crippen LogP contribution in [0.3, 0.4) is 0 Å². The zero-order valence-electron chi connectivity index (χ0n) is 12.6. The Hall–Kier alpha value is -1.69. The number of benzene rings is 1. The van der Waals surface area contributed by atoms with E-state index < -0.39 is 0 Å². The molecule has 108 valence electrons. The summed E-state index contributed by atoms with van der Waals surface area (Å²) < 4.78 is 0. The molecular formula is C17H25N3. The molecule has 3 nitrogen and oxygen atoms in total. The van der Waals surface area contributed by atoms with Crippen LogP contribution >= 0.6 is 0 Å². The normalized spacial score (nSPS) is 22.1. The van der Waals surface area contributed by atoms with Crippen LogP contribution in [0.4, 0.5) is 11.4 Å². The van der Waals surface area contributed by atoms with Gasteiger partial charge in [-0.05, 0) is 51.0 Å². The molecule has 2 atom stereocenters. The molecule has 0 aliphatic heterocycles. The zero-order chi connectivity index (χ0) is 14.4. The van der Waals surface area contributed by atoms with E-state index in [0.29, 0.717) is 6.04 Å². The number of anilines is 2. The predicted octanol–water partition coefficient (Wildman–Crippen LogP) is 4.03. The fraction of sp³-hybridized carbons (Fsp3) is 0.588. The second-order valence-electron chi connectivity index (χ2n) is 5.49. The summed E-state index contributed by atoms with van der Waals surface area (Å²) in [4.78, 5) is 2.34. The first-order valence-electron chi connectivity index (χ1n) is 7.79. The highest BCUT2D eigenvalue weighted by Gasteiger charge is 2.24. The molecule has 0 amide bonds. The molecule has 1 aromatic carbocycles. The van der Waals surface area contributed by atoms with Crippen LogP contribution in [0, 0.1) is 17.2 Å². The minimum atomic E-state index is 0.159. The largest absolute Gasteiger partial charge is 0.381 e. The second kappa shape index (κ2) is 7.19. The minimum absolute atomic E-state index is 0.159. The average Bonchev–Trinajstić information content (AvgIpc) is 2.51. The Labute approximate surface area is 122 Å². The lowest BCUT2D eigenvalue weighted by molar-refractivity contribution is 0.389. The number of nitriles is 1. The van der Waals surface area contributed by atoms with Crippen molar-refractivity contribution in [1.29, 1.82) is 5.26 Å². The van der Waals surface area contributed by atoms with Gasteiger partial charge in [0.25, 0.3) is 0 Å². The number of nitrogens with zero attached hydrogens (tertiary/aromatic N) is 2. The van der Waals surface area contributed by atoms with Gasteiger partial charge in [0.1, 0.15) is 0 Å². The predicted molar refractivity (Wildman–Crippen MR) is 85.0 cm³/mol. The topological polar surface area (TPSA) is 39.1 Å². The van der Waals surface area contributed by atoms with Gasteiger partial charge in [-0.1, -0.05) is 12.8 Å². The Balaban J connectivity index is 2.01. The molecule has 1 aliphatic rings. The van der Waals surface area contributed by atoms with Crippen molar-refractivity contribution in [3.8, 4) is 6.07 Å². The molecule has 1 fully saturated rings. The van der Waals surface area contributed by atoms with Crippen LogP contribution < -0.4 is 10.2 Å². The standard InChI is InChI=1S/C17H25N3/c1-3-20(4-2)16-11-9-15(10-12-16)19-17-8-6-5-7-14(17)13-18/h9-12,14,17,19H,3-8H2,1-2H3. The van der Waals surface area contributed by atoms with Gasteiger partial charge in [0.15, 0.2) is 0 Å². The van der Waals surface area contributed by atoms with Gasteiger partial charge in [-0.2, -0.15) is 5.26 Å². The van der Waals surface area contributed by atoms with Crippen LogP contribution in [0.5, 0.6) is 0 Å². The monoisotopic (exact) mass is 271 g/mol. The van der Waals surface area contributed by atoms with Crippen molar-refractivity contribution in [3.05, 3.63) is 24.3 Å². The molecule has 0 aromatic heterocycles.